The topological polar surface area (TPSA) is 79.0 Å². The molecule has 6 nitrogen and oxygen atoms in total. The Bertz CT molecular complexity index is 584. The highest BCUT2D eigenvalue weighted by atomic mass is 16.6. The molecule has 0 saturated carbocycles. The van der Waals surface area contributed by atoms with Gasteiger partial charge < -0.3 is 10.1 Å². The molecule has 0 amide bonds. The Balaban J connectivity index is 1.92. The van der Waals surface area contributed by atoms with E-state index in [0.29, 0.717) is 5.92 Å². The first kappa shape index (κ1) is 12.7. The number of nitrogens with zero attached hydrogens (tertiary/aromatic N) is 3. The lowest BCUT2D eigenvalue weighted by atomic mass is 9.83. The van der Waals surface area contributed by atoms with Crippen LogP contribution in [0.4, 0.5) is 5.69 Å². The maximum atomic E-state index is 10.6. The van der Waals surface area contributed by atoms with Crippen molar-refractivity contribution in [1.29, 1.82) is 0 Å². The minimum atomic E-state index is -0.413. The average Bonchev–Trinajstić information content (AvgIpc) is 2.49. The van der Waals surface area contributed by atoms with E-state index in [1.54, 1.807) is 12.1 Å². The number of hydrogen-bond donors (Lipinski definition) is 1. The number of piperidine rings is 3. The van der Waals surface area contributed by atoms with Crippen molar-refractivity contribution in [3.8, 4) is 0 Å². The van der Waals surface area contributed by atoms with Crippen molar-refractivity contribution >= 4 is 17.5 Å². The van der Waals surface area contributed by atoms with Crippen LogP contribution in [0.15, 0.2) is 35.1 Å². The standard InChI is InChI=1S/C14H15N3O3/c18-15-14-11-5-7-16(8-6-11)13(14)9-10-1-3-12(4-2-10)17(19)20/h1-4,9,11,18H,5-8H2/b13-9?,15-14-. The molecule has 1 N–H and O–H groups in total. The lowest BCUT2D eigenvalue weighted by Gasteiger charge is -2.42. The second-order valence-corrected chi connectivity index (χ2v) is 5.12. The van der Waals surface area contributed by atoms with Gasteiger partial charge in [0.05, 0.1) is 10.6 Å². The fraction of sp³-hybridized carbons (Fsp3) is 0.357. The second kappa shape index (κ2) is 4.96. The summed E-state index contributed by atoms with van der Waals surface area (Å²) in [6.07, 6.45) is 3.98. The second-order valence-electron chi connectivity index (χ2n) is 5.12. The molecule has 6 heteroatoms. The van der Waals surface area contributed by atoms with Crippen molar-refractivity contribution in [3.63, 3.8) is 0 Å². The van der Waals surface area contributed by atoms with Gasteiger partial charge in [-0.3, -0.25) is 10.1 Å². The number of hydrogen-bond acceptors (Lipinski definition) is 5. The van der Waals surface area contributed by atoms with Crippen LogP contribution in [0.5, 0.6) is 0 Å². The molecular weight excluding hydrogens is 258 g/mol. The molecule has 0 aliphatic carbocycles. The van der Waals surface area contributed by atoms with Crippen molar-refractivity contribution < 1.29 is 10.1 Å². The van der Waals surface area contributed by atoms with Crippen LogP contribution < -0.4 is 0 Å². The highest BCUT2D eigenvalue weighted by Gasteiger charge is 2.35. The maximum Gasteiger partial charge on any atom is 0.269 e. The van der Waals surface area contributed by atoms with Gasteiger partial charge in [-0.25, -0.2) is 0 Å². The van der Waals surface area contributed by atoms with Crippen LogP contribution in [0.2, 0.25) is 0 Å². The van der Waals surface area contributed by atoms with Crippen molar-refractivity contribution in [2.45, 2.75) is 12.8 Å². The third-order valence-corrected chi connectivity index (χ3v) is 4.00. The number of benzene rings is 1. The molecule has 3 aliphatic heterocycles. The van der Waals surface area contributed by atoms with Gasteiger partial charge in [-0.2, -0.15) is 0 Å². The van der Waals surface area contributed by atoms with Crippen LogP contribution in [0.25, 0.3) is 6.08 Å². The normalized spacial score (nSPS) is 22.7. The molecular formula is C14H15N3O3. The van der Waals surface area contributed by atoms with Crippen molar-refractivity contribution in [2.24, 2.45) is 11.1 Å². The van der Waals surface area contributed by atoms with Crippen molar-refractivity contribution in [1.82, 2.24) is 4.90 Å². The number of oxime groups is 1. The van der Waals surface area contributed by atoms with Crippen LogP contribution in [0.1, 0.15) is 18.4 Å². The number of nitro groups is 1. The predicted molar refractivity (Wildman–Crippen MR) is 74.6 cm³/mol. The van der Waals surface area contributed by atoms with E-state index in [1.165, 1.54) is 12.1 Å². The van der Waals surface area contributed by atoms with Gasteiger partial charge in [-0.05, 0) is 36.6 Å². The molecule has 0 atom stereocenters. The fourth-order valence-corrected chi connectivity index (χ4v) is 2.91. The largest absolute Gasteiger partial charge is 0.411 e. The Morgan fingerprint density at radius 1 is 1.30 bits per heavy atom. The van der Waals surface area contributed by atoms with E-state index in [9.17, 15) is 15.3 Å². The highest BCUT2D eigenvalue weighted by Crippen LogP contribution is 2.33. The Morgan fingerprint density at radius 3 is 2.50 bits per heavy atom. The molecule has 2 bridgehead atoms. The minimum Gasteiger partial charge on any atom is -0.411 e. The lowest BCUT2D eigenvalue weighted by molar-refractivity contribution is -0.384. The Hall–Kier alpha value is -2.37. The molecule has 3 fully saturated rings. The monoisotopic (exact) mass is 273 g/mol. The van der Waals surface area contributed by atoms with E-state index < -0.39 is 4.92 Å². The summed E-state index contributed by atoms with van der Waals surface area (Å²) in [5.74, 6) is 0.328. The molecule has 4 rings (SSSR count). The van der Waals surface area contributed by atoms with Gasteiger partial charge in [0.2, 0.25) is 0 Å². The van der Waals surface area contributed by atoms with E-state index in [2.05, 4.69) is 10.1 Å². The third kappa shape index (κ3) is 2.13. The van der Waals surface area contributed by atoms with Gasteiger partial charge >= 0.3 is 0 Å². The molecule has 1 aromatic carbocycles. The van der Waals surface area contributed by atoms with Gasteiger partial charge in [0.25, 0.3) is 5.69 Å². The first-order chi connectivity index (χ1) is 9.69. The Morgan fingerprint density at radius 2 is 1.95 bits per heavy atom. The number of fused-ring (bicyclic) bond motifs is 3. The summed E-state index contributed by atoms with van der Waals surface area (Å²) in [6, 6.07) is 6.39. The maximum absolute atomic E-state index is 10.6. The molecule has 1 aromatic rings. The van der Waals surface area contributed by atoms with Crippen LogP contribution in [-0.4, -0.2) is 33.8 Å². The van der Waals surface area contributed by atoms with Gasteiger partial charge in [-0.15, -0.1) is 0 Å². The summed E-state index contributed by atoms with van der Waals surface area (Å²) in [5.41, 5.74) is 2.62. The molecule has 104 valence electrons. The summed E-state index contributed by atoms with van der Waals surface area (Å²) in [7, 11) is 0. The first-order valence-corrected chi connectivity index (χ1v) is 6.62. The Kier molecular flexibility index (Phi) is 3.14. The molecule has 3 heterocycles. The summed E-state index contributed by atoms with van der Waals surface area (Å²) in [4.78, 5) is 12.4. The zero-order valence-electron chi connectivity index (χ0n) is 10.9. The molecule has 0 spiro atoms. The Labute approximate surface area is 116 Å². The van der Waals surface area contributed by atoms with Crippen LogP contribution in [-0.2, 0) is 0 Å². The van der Waals surface area contributed by atoms with E-state index in [4.69, 9.17) is 0 Å². The SMILES string of the molecule is O=[N+]([O-])c1ccc(C=C2/C(=N\O)C3CCN2CC3)cc1. The number of allylic oxidation sites excluding steroid dienone is 1. The van der Waals surface area contributed by atoms with Gasteiger partial charge in [0.15, 0.2) is 0 Å². The molecule has 3 saturated heterocycles. The number of nitro benzene ring substituents is 1. The van der Waals surface area contributed by atoms with Crippen molar-refractivity contribution in [3.05, 3.63) is 45.6 Å². The highest BCUT2D eigenvalue weighted by molar-refractivity contribution is 6.05. The van der Waals surface area contributed by atoms with Crippen LogP contribution >= 0.6 is 0 Å². The summed E-state index contributed by atoms with van der Waals surface area (Å²) in [5, 5.41) is 23.3. The fourth-order valence-electron chi connectivity index (χ4n) is 2.91. The third-order valence-electron chi connectivity index (χ3n) is 4.00. The summed E-state index contributed by atoms with van der Waals surface area (Å²) >= 11 is 0. The molecule has 0 aromatic heterocycles. The molecule has 20 heavy (non-hydrogen) atoms. The first-order valence-electron chi connectivity index (χ1n) is 6.62. The summed E-state index contributed by atoms with van der Waals surface area (Å²) in [6.45, 7) is 1.95. The lowest BCUT2D eigenvalue weighted by Crippen LogP contribution is -2.46. The zero-order chi connectivity index (χ0) is 14.1. The molecule has 0 radical (unpaired) electrons. The van der Waals surface area contributed by atoms with Gasteiger partial charge in [-0.1, -0.05) is 5.16 Å². The molecule has 0 unspecified atom stereocenters. The van der Waals surface area contributed by atoms with Gasteiger partial charge in [0, 0.05) is 31.1 Å². The summed E-state index contributed by atoms with van der Waals surface area (Å²) < 4.78 is 0. The predicted octanol–water partition coefficient (Wildman–Crippen LogP) is 2.49. The van der Waals surface area contributed by atoms with Crippen LogP contribution in [0.3, 0.4) is 0 Å². The van der Waals surface area contributed by atoms with E-state index in [1.807, 2.05) is 6.08 Å². The average molecular weight is 273 g/mol. The molecule has 3 aliphatic rings. The van der Waals surface area contributed by atoms with E-state index in [-0.39, 0.29) is 5.69 Å². The zero-order valence-corrected chi connectivity index (χ0v) is 10.9. The minimum absolute atomic E-state index is 0.0775. The smallest absolute Gasteiger partial charge is 0.269 e. The van der Waals surface area contributed by atoms with E-state index in [0.717, 1.165) is 42.9 Å². The van der Waals surface area contributed by atoms with Crippen LogP contribution in [0, 0.1) is 16.0 Å². The quantitative estimate of drug-likeness (QED) is 0.510. The number of rotatable bonds is 2. The van der Waals surface area contributed by atoms with Crippen molar-refractivity contribution in [2.75, 3.05) is 13.1 Å². The number of non-ortho nitro benzene ring substituents is 1. The van der Waals surface area contributed by atoms with Gasteiger partial charge in [0.1, 0.15) is 5.71 Å². The van der Waals surface area contributed by atoms with E-state index >= 15 is 0 Å².